The molecular weight excluding hydrogens is 282 g/mol. The SMILES string of the molecule is CCCCOC1CC(C(C)OC(C)=O)CCN1CCOCC. The first-order valence-electron chi connectivity index (χ1n) is 8.69. The zero-order valence-electron chi connectivity index (χ0n) is 14.7. The van der Waals surface area contributed by atoms with Gasteiger partial charge < -0.3 is 14.2 Å². The van der Waals surface area contributed by atoms with E-state index in [9.17, 15) is 4.79 Å². The summed E-state index contributed by atoms with van der Waals surface area (Å²) in [5.74, 6) is 0.175. The first-order chi connectivity index (χ1) is 10.6. The highest BCUT2D eigenvalue weighted by atomic mass is 16.5. The molecule has 0 amide bonds. The molecule has 1 rings (SSSR count). The van der Waals surface area contributed by atoms with E-state index in [4.69, 9.17) is 14.2 Å². The first kappa shape index (κ1) is 19.4. The van der Waals surface area contributed by atoms with Crippen LogP contribution in [-0.4, -0.2) is 56.1 Å². The van der Waals surface area contributed by atoms with Crippen LogP contribution < -0.4 is 0 Å². The van der Waals surface area contributed by atoms with E-state index in [-0.39, 0.29) is 18.3 Å². The topological polar surface area (TPSA) is 48.0 Å². The second kappa shape index (κ2) is 11.0. The minimum atomic E-state index is -0.199. The second-order valence-corrected chi connectivity index (χ2v) is 6.01. The molecule has 0 aromatic rings. The molecule has 22 heavy (non-hydrogen) atoms. The van der Waals surface area contributed by atoms with Gasteiger partial charge in [0.05, 0.1) is 6.61 Å². The lowest BCUT2D eigenvalue weighted by Gasteiger charge is -2.40. The zero-order valence-corrected chi connectivity index (χ0v) is 14.7. The van der Waals surface area contributed by atoms with Crippen LogP contribution in [0.1, 0.15) is 53.4 Å². The van der Waals surface area contributed by atoms with Crippen molar-refractivity contribution in [3.63, 3.8) is 0 Å². The third kappa shape index (κ3) is 7.07. The number of carbonyl (C=O) groups is 1. The van der Waals surface area contributed by atoms with Crippen molar-refractivity contribution in [1.82, 2.24) is 4.90 Å². The summed E-state index contributed by atoms with van der Waals surface area (Å²) < 4.78 is 16.9. The summed E-state index contributed by atoms with van der Waals surface area (Å²) >= 11 is 0. The molecule has 0 N–H and O–H groups in total. The minimum absolute atomic E-state index is 0.0381. The summed E-state index contributed by atoms with van der Waals surface area (Å²) in [6.45, 7) is 11.8. The number of rotatable bonds is 10. The summed E-state index contributed by atoms with van der Waals surface area (Å²) in [6, 6.07) is 0. The Morgan fingerprint density at radius 3 is 2.73 bits per heavy atom. The molecule has 1 aliphatic heterocycles. The molecule has 0 bridgehead atoms. The highest BCUT2D eigenvalue weighted by Gasteiger charge is 2.32. The van der Waals surface area contributed by atoms with Crippen molar-refractivity contribution in [3.05, 3.63) is 0 Å². The molecule has 0 aromatic carbocycles. The van der Waals surface area contributed by atoms with Gasteiger partial charge in [-0.05, 0) is 33.1 Å². The highest BCUT2D eigenvalue weighted by Crippen LogP contribution is 2.28. The third-order valence-corrected chi connectivity index (χ3v) is 4.25. The molecule has 5 nitrogen and oxygen atoms in total. The molecule has 1 fully saturated rings. The van der Waals surface area contributed by atoms with Crippen molar-refractivity contribution in [2.75, 3.05) is 32.9 Å². The standard InChI is InChI=1S/C17H33NO4/c1-5-7-11-21-17-13-16(14(3)22-15(4)19)8-9-18(17)10-12-20-6-2/h14,16-17H,5-13H2,1-4H3. The summed E-state index contributed by atoms with van der Waals surface area (Å²) in [5.41, 5.74) is 0. The average Bonchev–Trinajstić information content (AvgIpc) is 2.48. The van der Waals surface area contributed by atoms with Crippen LogP contribution >= 0.6 is 0 Å². The number of ether oxygens (including phenoxy) is 3. The van der Waals surface area contributed by atoms with Crippen molar-refractivity contribution >= 4 is 5.97 Å². The van der Waals surface area contributed by atoms with E-state index in [2.05, 4.69) is 11.8 Å². The van der Waals surface area contributed by atoms with Crippen LogP contribution in [0.3, 0.4) is 0 Å². The number of esters is 1. The lowest BCUT2D eigenvalue weighted by atomic mass is 9.90. The predicted molar refractivity (Wildman–Crippen MR) is 86.7 cm³/mol. The Morgan fingerprint density at radius 1 is 1.32 bits per heavy atom. The van der Waals surface area contributed by atoms with E-state index in [1.165, 1.54) is 6.92 Å². The number of likely N-dealkylation sites (tertiary alicyclic amines) is 1. The van der Waals surface area contributed by atoms with Crippen molar-refractivity contribution in [2.45, 2.75) is 65.7 Å². The van der Waals surface area contributed by atoms with E-state index < -0.39 is 0 Å². The van der Waals surface area contributed by atoms with Crippen LogP contribution in [0.2, 0.25) is 0 Å². The molecule has 3 atom stereocenters. The quantitative estimate of drug-likeness (QED) is 0.458. The Morgan fingerprint density at radius 2 is 2.09 bits per heavy atom. The molecule has 1 saturated heterocycles. The van der Waals surface area contributed by atoms with Crippen LogP contribution in [-0.2, 0) is 19.0 Å². The van der Waals surface area contributed by atoms with Crippen molar-refractivity contribution < 1.29 is 19.0 Å². The van der Waals surface area contributed by atoms with Gasteiger partial charge in [0.1, 0.15) is 12.3 Å². The molecule has 0 spiro atoms. The Balaban J connectivity index is 2.51. The maximum Gasteiger partial charge on any atom is 0.302 e. The molecule has 0 saturated carbocycles. The van der Waals surface area contributed by atoms with E-state index in [1.807, 2.05) is 13.8 Å². The van der Waals surface area contributed by atoms with E-state index in [1.54, 1.807) is 0 Å². The summed E-state index contributed by atoms with van der Waals surface area (Å²) in [5, 5.41) is 0. The molecule has 0 aromatic heterocycles. The maximum absolute atomic E-state index is 11.1. The van der Waals surface area contributed by atoms with Crippen LogP contribution in [0, 0.1) is 5.92 Å². The lowest BCUT2D eigenvalue weighted by molar-refractivity contribution is -0.154. The number of piperidine rings is 1. The Hall–Kier alpha value is -0.650. The summed E-state index contributed by atoms with van der Waals surface area (Å²) in [4.78, 5) is 13.5. The monoisotopic (exact) mass is 315 g/mol. The fourth-order valence-corrected chi connectivity index (χ4v) is 2.91. The minimum Gasteiger partial charge on any atom is -0.463 e. The van der Waals surface area contributed by atoms with Gasteiger partial charge in [0, 0.05) is 39.1 Å². The lowest BCUT2D eigenvalue weighted by Crippen LogP contribution is -2.48. The predicted octanol–water partition coefficient (Wildman–Crippen LogP) is 2.83. The normalized spacial score (nSPS) is 24.2. The zero-order chi connectivity index (χ0) is 16.4. The van der Waals surface area contributed by atoms with Crippen molar-refractivity contribution in [2.24, 2.45) is 5.92 Å². The second-order valence-electron chi connectivity index (χ2n) is 6.01. The molecule has 0 aliphatic carbocycles. The molecule has 5 heteroatoms. The summed E-state index contributed by atoms with van der Waals surface area (Å²) in [6.07, 6.45) is 4.25. The van der Waals surface area contributed by atoms with Crippen LogP contribution in [0.25, 0.3) is 0 Å². The number of unbranched alkanes of at least 4 members (excludes halogenated alkanes) is 1. The van der Waals surface area contributed by atoms with Crippen LogP contribution in [0.4, 0.5) is 0 Å². The van der Waals surface area contributed by atoms with Gasteiger partial charge in [0.15, 0.2) is 0 Å². The van der Waals surface area contributed by atoms with Gasteiger partial charge in [-0.2, -0.15) is 0 Å². The third-order valence-electron chi connectivity index (χ3n) is 4.25. The van der Waals surface area contributed by atoms with E-state index >= 15 is 0 Å². The Labute approximate surface area is 135 Å². The highest BCUT2D eigenvalue weighted by molar-refractivity contribution is 5.66. The molecular formula is C17H33NO4. The number of carbonyl (C=O) groups excluding carboxylic acids is 1. The van der Waals surface area contributed by atoms with E-state index in [0.717, 1.165) is 58.6 Å². The first-order valence-corrected chi connectivity index (χ1v) is 8.69. The van der Waals surface area contributed by atoms with Gasteiger partial charge in [-0.3, -0.25) is 9.69 Å². The largest absolute Gasteiger partial charge is 0.463 e. The summed E-state index contributed by atoms with van der Waals surface area (Å²) in [7, 11) is 0. The number of hydrogen-bond donors (Lipinski definition) is 0. The van der Waals surface area contributed by atoms with Gasteiger partial charge in [0.25, 0.3) is 0 Å². The Kier molecular flexibility index (Phi) is 9.68. The van der Waals surface area contributed by atoms with Crippen molar-refractivity contribution in [3.8, 4) is 0 Å². The number of hydrogen-bond acceptors (Lipinski definition) is 5. The smallest absolute Gasteiger partial charge is 0.302 e. The van der Waals surface area contributed by atoms with Crippen molar-refractivity contribution in [1.29, 1.82) is 0 Å². The van der Waals surface area contributed by atoms with Gasteiger partial charge in [-0.25, -0.2) is 0 Å². The van der Waals surface area contributed by atoms with Gasteiger partial charge in [-0.15, -0.1) is 0 Å². The molecule has 3 unspecified atom stereocenters. The average molecular weight is 315 g/mol. The van der Waals surface area contributed by atoms with Gasteiger partial charge >= 0.3 is 5.97 Å². The Bertz CT molecular complexity index is 311. The van der Waals surface area contributed by atoms with E-state index in [0.29, 0.717) is 5.92 Å². The molecule has 130 valence electrons. The van der Waals surface area contributed by atoms with Crippen LogP contribution in [0.15, 0.2) is 0 Å². The van der Waals surface area contributed by atoms with Crippen LogP contribution in [0.5, 0.6) is 0 Å². The molecule has 0 radical (unpaired) electrons. The fraction of sp³-hybridized carbons (Fsp3) is 0.941. The molecule has 1 heterocycles. The van der Waals surface area contributed by atoms with Gasteiger partial charge in [-0.1, -0.05) is 13.3 Å². The van der Waals surface area contributed by atoms with Gasteiger partial charge in [0.2, 0.25) is 0 Å². The fourth-order valence-electron chi connectivity index (χ4n) is 2.91. The number of nitrogens with zero attached hydrogens (tertiary/aromatic N) is 1. The molecule has 1 aliphatic rings. The maximum atomic E-state index is 11.1.